The molecule has 0 bridgehead atoms. The fraction of sp³-hybridized carbons (Fsp3) is 0.179. The van der Waals surface area contributed by atoms with Crippen molar-refractivity contribution in [2.75, 3.05) is 19.5 Å². The topological polar surface area (TPSA) is 97.7 Å². The van der Waals surface area contributed by atoms with Crippen LogP contribution in [-0.2, 0) is 16.1 Å². The molecule has 8 heteroatoms. The molecule has 7 nitrogen and oxygen atoms in total. The molecule has 0 spiro atoms. The Morgan fingerprint density at radius 1 is 1.03 bits per heavy atom. The van der Waals surface area contributed by atoms with Gasteiger partial charge in [0.15, 0.2) is 11.5 Å². The molecule has 0 aromatic heterocycles. The first-order chi connectivity index (χ1) is 17.2. The minimum absolute atomic E-state index is 0.107. The van der Waals surface area contributed by atoms with Crippen molar-refractivity contribution in [1.82, 2.24) is 0 Å². The number of nitrogens with one attached hydrogen (secondary N) is 1. The van der Waals surface area contributed by atoms with E-state index in [1.54, 1.807) is 24.3 Å². The van der Waals surface area contributed by atoms with E-state index in [-0.39, 0.29) is 5.57 Å². The molecule has 0 unspecified atom stereocenters. The van der Waals surface area contributed by atoms with Gasteiger partial charge in [-0.1, -0.05) is 29.3 Å². The maximum absolute atomic E-state index is 12.7. The lowest BCUT2D eigenvalue weighted by Crippen LogP contribution is -2.13. The van der Waals surface area contributed by atoms with E-state index in [9.17, 15) is 14.9 Å². The van der Waals surface area contributed by atoms with Gasteiger partial charge in [-0.15, -0.1) is 0 Å². The standard InChI is InChI=1S/C28H25BrN2O5/c1-17-9-18(2)11-20(10-17)16-36-26-24(29)13-19(14-25(26)34-3)12-22(15-30)27(32)31-23-7-5-21(6-8-23)28(33)35-4/h5-14H,16H2,1-4H3,(H,31,32)/b22-12+. The fourth-order valence-electron chi connectivity index (χ4n) is 3.59. The molecule has 3 aromatic carbocycles. The Kier molecular flexibility index (Phi) is 8.87. The van der Waals surface area contributed by atoms with Gasteiger partial charge in [0.25, 0.3) is 5.91 Å². The van der Waals surface area contributed by atoms with E-state index in [1.165, 1.54) is 32.4 Å². The lowest BCUT2D eigenvalue weighted by Gasteiger charge is -2.14. The molecule has 36 heavy (non-hydrogen) atoms. The number of aryl methyl sites for hydroxylation is 2. The van der Waals surface area contributed by atoms with E-state index in [2.05, 4.69) is 44.2 Å². The number of halogens is 1. The first kappa shape index (κ1) is 26.5. The summed E-state index contributed by atoms with van der Waals surface area (Å²) in [4.78, 5) is 24.2. The van der Waals surface area contributed by atoms with Crippen molar-refractivity contribution in [3.05, 3.63) is 92.5 Å². The molecule has 3 rings (SSSR count). The van der Waals surface area contributed by atoms with Crippen LogP contribution in [0, 0.1) is 25.2 Å². The van der Waals surface area contributed by atoms with Crippen LogP contribution in [0.3, 0.4) is 0 Å². The number of hydrogen-bond donors (Lipinski definition) is 1. The van der Waals surface area contributed by atoms with Gasteiger partial charge in [-0.25, -0.2) is 4.79 Å². The smallest absolute Gasteiger partial charge is 0.337 e. The van der Waals surface area contributed by atoms with Crippen molar-refractivity contribution in [3.8, 4) is 17.6 Å². The Morgan fingerprint density at radius 3 is 2.28 bits per heavy atom. The first-order valence-corrected chi connectivity index (χ1v) is 11.7. The SMILES string of the molecule is COC(=O)c1ccc(NC(=O)/C(C#N)=C/c2cc(Br)c(OCc3cc(C)cc(C)c3)c(OC)c2)cc1. The van der Waals surface area contributed by atoms with Crippen LogP contribution in [0.4, 0.5) is 5.69 Å². The van der Waals surface area contributed by atoms with E-state index in [0.29, 0.717) is 39.4 Å². The molecule has 3 aromatic rings. The number of benzene rings is 3. The maximum Gasteiger partial charge on any atom is 0.337 e. The number of carbonyl (C=O) groups excluding carboxylic acids is 2. The average molecular weight is 549 g/mol. The molecule has 0 aliphatic rings. The average Bonchev–Trinajstić information content (AvgIpc) is 2.85. The molecule has 0 heterocycles. The van der Waals surface area contributed by atoms with Gasteiger partial charge >= 0.3 is 5.97 Å². The second-order valence-electron chi connectivity index (χ2n) is 8.01. The summed E-state index contributed by atoms with van der Waals surface area (Å²) in [6.45, 7) is 4.43. The predicted octanol–water partition coefficient (Wildman–Crippen LogP) is 5.99. The molecular weight excluding hydrogens is 524 g/mol. The molecule has 0 aliphatic carbocycles. The summed E-state index contributed by atoms with van der Waals surface area (Å²) < 4.78 is 16.8. The molecule has 0 saturated carbocycles. The molecule has 0 aliphatic heterocycles. The van der Waals surface area contributed by atoms with Gasteiger partial charge in [-0.3, -0.25) is 4.79 Å². The monoisotopic (exact) mass is 548 g/mol. The lowest BCUT2D eigenvalue weighted by molar-refractivity contribution is -0.112. The molecule has 1 N–H and O–H groups in total. The summed E-state index contributed by atoms with van der Waals surface area (Å²) >= 11 is 3.51. The Bertz CT molecular complexity index is 1340. The van der Waals surface area contributed by atoms with Crippen LogP contribution in [0.5, 0.6) is 11.5 Å². The normalized spacial score (nSPS) is 10.8. The minimum Gasteiger partial charge on any atom is -0.493 e. The molecule has 0 saturated heterocycles. The lowest BCUT2D eigenvalue weighted by atomic mass is 10.1. The van der Waals surface area contributed by atoms with Crippen molar-refractivity contribution in [2.45, 2.75) is 20.5 Å². The Balaban J connectivity index is 1.79. The van der Waals surface area contributed by atoms with E-state index in [0.717, 1.165) is 16.7 Å². The highest BCUT2D eigenvalue weighted by Crippen LogP contribution is 2.38. The highest BCUT2D eigenvalue weighted by Gasteiger charge is 2.15. The summed E-state index contributed by atoms with van der Waals surface area (Å²) in [7, 11) is 2.81. The highest BCUT2D eigenvalue weighted by molar-refractivity contribution is 9.10. The van der Waals surface area contributed by atoms with Gasteiger partial charge in [0.2, 0.25) is 0 Å². The second-order valence-corrected chi connectivity index (χ2v) is 8.87. The Hall–Kier alpha value is -4.09. The molecule has 1 amide bonds. The van der Waals surface area contributed by atoms with Gasteiger partial charge in [0, 0.05) is 5.69 Å². The van der Waals surface area contributed by atoms with Crippen molar-refractivity contribution in [1.29, 1.82) is 5.26 Å². The molecule has 0 fully saturated rings. The number of carbonyl (C=O) groups is 2. The van der Waals surface area contributed by atoms with Gasteiger partial charge < -0.3 is 19.5 Å². The molecule has 184 valence electrons. The van der Waals surface area contributed by atoms with Crippen molar-refractivity contribution < 1.29 is 23.8 Å². The summed E-state index contributed by atoms with van der Waals surface area (Å²) in [5, 5.41) is 12.2. The van der Waals surface area contributed by atoms with Crippen molar-refractivity contribution in [3.63, 3.8) is 0 Å². The van der Waals surface area contributed by atoms with Crippen LogP contribution in [0.1, 0.15) is 32.6 Å². The van der Waals surface area contributed by atoms with Crippen LogP contribution < -0.4 is 14.8 Å². The zero-order valence-corrected chi connectivity index (χ0v) is 21.9. The Morgan fingerprint density at radius 2 is 1.69 bits per heavy atom. The molecule has 0 radical (unpaired) electrons. The number of amides is 1. The number of nitriles is 1. The number of esters is 1. The van der Waals surface area contributed by atoms with E-state index in [1.807, 2.05) is 19.9 Å². The van der Waals surface area contributed by atoms with Crippen LogP contribution >= 0.6 is 15.9 Å². The number of hydrogen-bond acceptors (Lipinski definition) is 6. The van der Waals surface area contributed by atoms with Gasteiger partial charge in [-0.2, -0.15) is 5.26 Å². The zero-order chi connectivity index (χ0) is 26.2. The zero-order valence-electron chi connectivity index (χ0n) is 20.3. The van der Waals surface area contributed by atoms with E-state index < -0.39 is 11.9 Å². The van der Waals surface area contributed by atoms with Crippen molar-refractivity contribution in [2.24, 2.45) is 0 Å². The number of anilines is 1. The van der Waals surface area contributed by atoms with Crippen LogP contribution in [0.25, 0.3) is 6.08 Å². The summed E-state index contributed by atoms with van der Waals surface area (Å²) in [5.74, 6) is -0.0986. The van der Waals surface area contributed by atoms with E-state index >= 15 is 0 Å². The highest BCUT2D eigenvalue weighted by atomic mass is 79.9. The molecular formula is C28H25BrN2O5. The van der Waals surface area contributed by atoms with Gasteiger partial charge in [0.1, 0.15) is 18.2 Å². The van der Waals surface area contributed by atoms with Gasteiger partial charge in [-0.05, 0) is 83.4 Å². The maximum atomic E-state index is 12.7. The third-order valence-corrected chi connectivity index (χ3v) is 5.75. The number of methoxy groups -OCH3 is 2. The summed E-state index contributed by atoms with van der Waals surface area (Å²) in [5.41, 5.74) is 4.60. The predicted molar refractivity (Wildman–Crippen MR) is 141 cm³/mol. The largest absolute Gasteiger partial charge is 0.493 e. The van der Waals surface area contributed by atoms with Crippen LogP contribution in [0.2, 0.25) is 0 Å². The minimum atomic E-state index is -0.589. The van der Waals surface area contributed by atoms with Gasteiger partial charge in [0.05, 0.1) is 24.3 Å². The van der Waals surface area contributed by atoms with E-state index in [4.69, 9.17) is 9.47 Å². The summed E-state index contributed by atoms with van der Waals surface area (Å²) in [6, 6.07) is 17.7. The summed E-state index contributed by atoms with van der Waals surface area (Å²) in [6.07, 6.45) is 1.46. The number of ether oxygens (including phenoxy) is 3. The quantitative estimate of drug-likeness (QED) is 0.211. The third kappa shape index (κ3) is 6.74. The third-order valence-electron chi connectivity index (χ3n) is 5.16. The van der Waals surface area contributed by atoms with Crippen molar-refractivity contribution >= 4 is 39.6 Å². The molecule has 0 atom stereocenters. The Labute approximate surface area is 218 Å². The van der Waals surface area contributed by atoms with Crippen LogP contribution in [-0.4, -0.2) is 26.1 Å². The number of nitrogens with zero attached hydrogens (tertiary/aromatic N) is 1. The first-order valence-electron chi connectivity index (χ1n) is 10.9. The fourth-order valence-corrected chi connectivity index (χ4v) is 4.17. The number of rotatable bonds is 8. The second kappa shape index (κ2) is 12.0. The van der Waals surface area contributed by atoms with Crippen LogP contribution in [0.15, 0.2) is 64.6 Å².